The molecule has 1 fully saturated rings. The Labute approximate surface area is 180 Å². The van der Waals surface area contributed by atoms with E-state index in [-0.39, 0.29) is 36.7 Å². The SMILES string of the molecule is CCNC(=NCC(CCO)CC(C)C)N1CCOC(c2cnn(C)c2)C1.I. The van der Waals surface area contributed by atoms with E-state index in [0.29, 0.717) is 18.4 Å². The zero-order chi connectivity index (χ0) is 18.9. The van der Waals surface area contributed by atoms with Crippen LogP contribution in [0, 0.1) is 11.8 Å². The summed E-state index contributed by atoms with van der Waals surface area (Å²) in [6.45, 7) is 10.6. The third-order valence-corrected chi connectivity index (χ3v) is 4.64. The lowest BCUT2D eigenvalue weighted by atomic mass is 9.94. The van der Waals surface area contributed by atoms with Crippen molar-refractivity contribution in [2.75, 3.05) is 39.4 Å². The Hall–Kier alpha value is -0.870. The van der Waals surface area contributed by atoms with Crippen LogP contribution in [0.3, 0.4) is 0 Å². The third kappa shape index (κ3) is 7.95. The molecule has 8 heteroatoms. The van der Waals surface area contributed by atoms with E-state index in [1.165, 1.54) is 0 Å². The van der Waals surface area contributed by atoms with E-state index in [4.69, 9.17) is 9.73 Å². The van der Waals surface area contributed by atoms with Gasteiger partial charge in [0.05, 0.1) is 19.3 Å². The van der Waals surface area contributed by atoms with Gasteiger partial charge in [0.15, 0.2) is 5.96 Å². The molecule has 156 valence electrons. The highest BCUT2D eigenvalue weighted by molar-refractivity contribution is 14.0. The van der Waals surface area contributed by atoms with Crippen molar-refractivity contribution in [3.8, 4) is 0 Å². The first-order valence-corrected chi connectivity index (χ1v) is 9.77. The van der Waals surface area contributed by atoms with E-state index in [9.17, 15) is 5.11 Å². The standard InChI is InChI=1S/C19H35N5O2.HI/c1-5-20-19(21-11-16(6-8-25)10-15(2)3)24-7-9-26-18(14-24)17-12-22-23(4)13-17;/h12-13,15-16,18,25H,5-11,14H2,1-4H3,(H,20,21);1H. The molecule has 2 N–H and O–H groups in total. The number of aliphatic imine (C=N–C) groups is 1. The molecular weight excluding hydrogens is 457 g/mol. The summed E-state index contributed by atoms with van der Waals surface area (Å²) in [6.07, 6.45) is 5.80. The fraction of sp³-hybridized carbons (Fsp3) is 0.789. The number of rotatable bonds is 8. The Kier molecular flexibility index (Phi) is 11.2. The molecule has 1 aromatic rings. The van der Waals surface area contributed by atoms with Crippen LogP contribution in [0.4, 0.5) is 0 Å². The topological polar surface area (TPSA) is 74.9 Å². The number of aliphatic hydroxyl groups is 1. The molecule has 27 heavy (non-hydrogen) atoms. The van der Waals surface area contributed by atoms with Crippen molar-refractivity contribution in [1.29, 1.82) is 0 Å². The first kappa shape index (κ1) is 24.2. The quantitative estimate of drug-likeness (QED) is 0.331. The van der Waals surface area contributed by atoms with Gasteiger partial charge >= 0.3 is 0 Å². The maximum atomic E-state index is 9.33. The molecule has 7 nitrogen and oxygen atoms in total. The van der Waals surface area contributed by atoms with Gasteiger partial charge in [0.1, 0.15) is 6.10 Å². The number of guanidine groups is 1. The Bertz CT molecular complexity index is 564. The van der Waals surface area contributed by atoms with Crippen LogP contribution in [0.15, 0.2) is 17.4 Å². The number of hydrogen-bond donors (Lipinski definition) is 2. The van der Waals surface area contributed by atoms with Gasteiger partial charge in [0, 0.05) is 45.0 Å². The normalized spacial score (nSPS) is 19.1. The summed E-state index contributed by atoms with van der Waals surface area (Å²) in [6, 6.07) is 0. The van der Waals surface area contributed by atoms with Gasteiger partial charge in [-0.2, -0.15) is 5.10 Å². The van der Waals surface area contributed by atoms with E-state index in [0.717, 1.165) is 50.5 Å². The summed E-state index contributed by atoms with van der Waals surface area (Å²) in [5.74, 6) is 1.97. The van der Waals surface area contributed by atoms with Crippen molar-refractivity contribution in [3.63, 3.8) is 0 Å². The number of nitrogens with one attached hydrogen (secondary N) is 1. The predicted octanol–water partition coefficient (Wildman–Crippen LogP) is 2.42. The van der Waals surface area contributed by atoms with E-state index < -0.39 is 0 Å². The molecule has 0 amide bonds. The second kappa shape index (κ2) is 12.6. The molecule has 2 rings (SSSR count). The van der Waals surface area contributed by atoms with Gasteiger partial charge in [-0.05, 0) is 31.6 Å². The fourth-order valence-corrected chi connectivity index (χ4v) is 3.42. The number of aryl methyl sites for hydroxylation is 1. The van der Waals surface area contributed by atoms with Gasteiger partial charge in [-0.15, -0.1) is 24.0 Å². The Morgan fingerprint density at radius 3 is 2.85 bits per heavy atom. The molecule has 1 aliphatic heterocycles. The highest BCUT2D eigenvalue weighted by Gasteiger charge is 2.25. The predicted molar refractivity (Wildman–Crippen MR) is 120 cm³/mol. The molecule has 0 aromatic carbocycles. The van der Waals surface area contributed by atoms with Crippen LogP contribution in [0.25, 0.3) is 0 Å². The van der Waals surface area contributed by atoms with Crippen LogP contribution in [-0.2, 0) is 11.8 Å². The summed E-state index contributed by atoms with van der Waals surface area (Å²) in [7, 11) is 1.92. The minimum absolute atomic E-state index is 0. The van der Waals surface area contributed by atoms with Crippen LogP contribution in [-0.4, -0.2) is 65.1 Å². The van der Waals surface area contributed by atoms with Crippen LogP contribution in [0.2, 0.25) is 0 Å². The monoisotopic (exact) mass is 493 g/mol. The van der Waals surface area contributed by atoms with Crippen molar-refractivity contribution in [2.24, 2.45) is 23.9 Å². The Morgan fingerprint density at radius 1 is 1.48 bits per heavy atom. The Morgan fingerprint density at radius 2 is 2.26 bits per heavy atom. The molecule has 1 aliphatic rings. The third-order valence-electron chi connectivity index (χ3n) is 4.64. The minimum atomic E-state index is 0. The minimum Gasteiger partial charge on any atom is -0.396 e. The fourth-order valence-electron chi connectivity index (χ4n) is 3.42. The molecule has 0 saturated carbocycles. The molecular formula is C19H36IN5O2. The lowest BCUT2D eigenvalue weighted by Gasteiger charge is -2.35. The second-order valence-electron chi connectivity index (χ2n) is 7.46. The van der Waals surface area contributed by atoms with Gasteiger partial charge < -0.3 is 20.1 Å². The Balaban J connectivity index is 0.00000364. The average Bonchev–Trinajstić information content (AvgIpc) is 3.05. The first-order valence-electron chi connectivity index (χ1n) is 9.77. The first-order chi connectivity index (χ1) is 12.5. The van der Waals surface area contributed by atoms with E-state index in [2.05, 4.69) is 36.1 Å². The van der Waals surface area contributed by atoms with Crippen molar-refractivity contribution in [2.45, 2.75) is 39.7 Å². The van der Waals surface area contributed by atoms with Crippen molar-refractivity contribution in [3.05, 3.63) is 18.0 Å². The number of halogens is 1. The molecule has 2 unspecified atom stereocenters. The van der Waals surface area contributed by atoms with Crippen LogP contribution >= 0.6 is 24.0 Å². The van der Waals surface area contributed by atoms with Crippen LogP contribution in [0.5, 0.6) is 0 Å². The molecule has 0 spiro atoms. The summed E-state index contributed by atoms with van der Waals surface area (Å²) in [5.41, 5.74) is 1.10. The zero-order valence-corrected chi connectivity index (χ0v) is 19.4. The largest absolute Gasteiger partial charge is 0.396 e. The molecule has 2 atom stereocenters. The number of hydrogen-bond acceptors (Lipinski definition) is 4. The van der Waals surface area contributed by atoms with Crippen molar-refractivity contribution < 1.29 is 9.84 Å². The van der Waals surface area contributed by atoms with Crippen LogP contribution < -0.4 is 5.32 Å². The molecule has 2 heterocycles. The maximum absolute atomic E-state index is 9.33. The number of aromatic nitrogens is 2. The van der Waals surface area contributed by atoms with E-state index in [1.54, 1.807) is 0 Å². The van der Waals surface area contributed by atoms with Crippen LogP contribution in [0.1, 0.15) is 45.3 Å². The zero-order valence-electron chi connectivity index (χ0n) is 17.1. The molecule has 1 saturated heterocycles. The molecule has 1 aromatic heterocycles. The van der Waals surface area contributed by atoms with E-state index in [1.807, 2.05) is 24.1 Å². The molecule has 0 bridgehead atoms. The summed E-state index contributed by atoms with van der Waals surface area (Å²) < 4.78 is 7.75. The highest BCUT2D eigenvalue weighted by Crippen LogP contribution is 2.22. The van der Waals surface area contributed by atoms with Gasteiger partial charge in [-0.25, -0.2) is 0 Å². The van der Waals surface area contributed by atoms with Gasteiger partial charge in [0.2, 0.25) is 0 Å². The number of aliphatic hydroxyl groups excluding tert-OH is 1. The summed E-state index contributed by atoms with van der Waals surface area (Å²) in [5, 5.41) is 17.0. The maximum Gasteiger partial charge on any atom is 0.194 e. The summed E-state index contributed by atoms with van der Waals surface area (Å²) in [4.78, 5) is 7.16. The highest BCUT2D eigenvalue weighted by atomic mass is 127. The van der Waals surface area contributed by atoms with Gasteiger partial charge in [-0.1, -0.05) is 13.8 Å². The summed E-state index contributed by atoms with van der Waals surface area (Å²) >= 11 is 0. The number of nitrogens with zero attached hydrogens (tertiary/aromatic N) is 4. The van der Waals surface area contributed by atoms with Crippen molar-refractivity contribution in [1.82, 2.24) is 20.0 Å². The second-order valence-corrected chi connectivity index (χ2v) is 7.46. The van der Waals surface area contributed by atoms with Gasteiger partial charge in [0.25, 0.3) is 0 Å². The average molecular weight is 493 g/mol. The van der Waals surface area contributed by atoms with Crippen molar-refractivity contribution >= 4 is 29.9 Å². The number of ether oxygens (including phenoxy) is 1. The number of morpholine rings is 1. The lowest BCUT2D eigenvalue weighted by molar-refractivity contribution is -0.00807. The molecule has 0 aliphatic carbocycles. The smallest absolute Gasteiger partial charge is 0.194 e. The lowest BCUT2D eigenvalue weighted by Crippen LogP contribution is -2.48. The van der Waals surface area contributed by atoms with E-state index >= 15 is 0 Å². The van der Waals surface area contributed by atoms with Gasteiger partial charge in [-0.3, -0.25) is 9.67 Å². The molecule has 0 radical (unpaired) electrons.